The minimum absolute atomic E-state index is 0.284. The van der Waals surface area contributed by atoms with Crippen molar-refractivity contribution in [2.24, 2.45) is 5.10 Å². The third-order valence-corrected chi connectivity index (χ3v) is 5.49. The number of aromatic nitrogens is 2. The smallest absolute Gasteiger partial charge is 0.283 e. The lowest BCUT2D eigenvalue weighted by molar-refractivity contribution is 0.0958. The third kappa shape index (κ3) is 3.52. The summed E-state index contributed by atoms with van der Waals surface area (Å²) in [6.07, 6.45) is 3.51. The molecule has 28 heavy (non-hydrogen) atoms. The fraction of sp³-hybridized carbons (Fsp3) is 0.0952. The van der Waals surface area contributed by atoms with Crippen LogP contribution in [0.25, 0.3) is 21.5 Å². The highest BCUT2D eigenvalue weighted by Gasteiger charge is 2.17. The van der Waals surface area contributed by atoms with Crippen LogP contribution >= 0.6 is 11.3 Å². The molecular formula is C21H18N4O2S. The second-order valence-corrected chi connectivity index (χ2v) is 7.16. The Morgan fingerprint density at radius 3 is 2.96 bits per heavy atom. The molecule has 2 N–H and O–H groups in total. The molecule has 2 aromatic carbocycles. The molecule has 1 amide bonds. The van der Waals surface area contributed by atoms with E-state index in [0.29, 0.717) is 10.6 Å². The molecule has 0 unspecified atom stereocenters. The van der Waals surface area contributed by atoms with Gasteiger partial charge < -0.3 is 9.72 Å². The number of hydrazone groups is 1. The first-order valence-corrected chi connectivity index (χ1v) is 9.49. The van der Waals surface area contributed by atoms with Gasteiger partial charge in [-0.25, -0.2) is 10.4 Å². The summed E-state index contributed by atoms with van der Waals surface area (Å²) in [6.45, 7) is 1.81. The lowest BCUT2D eigenvalue weighted by Gasteiger charge is -2.04. The molecule has 0 aliphatic rings. The maximum absolute atomic E-state index is 12.5. The largest absolute Gasteiger partial charge is 0.496 e. The number of benzene rings is 2. The SMILES string of the molecule is COc1ccccc1-c1nc(C)c(C(=O)N/N=C/c2ccc3cc[nH]c3c2)s1. The van der Waals surface area contributed by atoms with Crippen molar-refractivity contribution in [1.82, 2.24) is 15.4 Å². The van der Waals surface area contributed by atoms with Crippen LogP contribution in [0.1, 0.15) is 20.9 Å². The van der Waals surface area contributed by atoms with Gasteiger partial charge in [0, 0.05) is 11.7 Å². The summed E-state index contributed by atoms with van der Waals surface area (Å²) in [5.74, 6) is 0.439. The Morgan fingerprint density at radius 2 is 2.11 bits per heavy atom. The number of hydrogen-bond acceptors (Lipinski definition) is 5. The van der Waals surface area contributed by atoms with Gasteiger partial charge in [-0.1, -0.05) is 24.3 Å². The summed E-state index contributed by atoms with van der Waals surface area (Å²) in [7, 11) is 1.62. The predicted octanol–water partition coefficient (Wildman–Crippen LogP) is 4.37. The minimum atomic E-state index is -0.284. The average Bonchev–Trinajstić information content (AvgIpc) is 3.33. The fourth-order valence-corrected chi connectivity index (χ4v) is 3.89. The number of amides is 1. The molecule has 0 bridgehead atoms. The zero-order valence-corrected chi connectivity index (χ0v) is 16.2. The molecule has 0 radical (unpaired) electrons. The Kier molecular flexibility index (Phi) is 4.90. The number of methoxy groups -OCH3 is 1. The van der Waals surface area contributed by atoms with Gasteiger partial charge in [0.15, 0.2) is 0 Å². The Labute approximate surface area is 165 Å². The van der Waals surface area contributed by atoms with E-state index in [1.165, 1.54) is 11.3 Å². The van der Waals surface area contributed by atoms with Gasteiger partial charge >= 0.3 is 0 Å². The van der Waals surface area contributed by atoms with E-state index in [-0.39, 0.29) is 5.91 Å². The fourth-order valence-electron chi connectivity index (χ4n) is 2.91. The van der Waals surface area contributed by atoms with Gasteiger partial charge in [0.25, 0.3) is 5.91 Å². The molecule has 4 aromatic rings. The highest BCUT2D eigenvalue weighted by Crippen LogP contribution is 2.34. The molecule has 140 valence electrons. The monoisotopic (exact) mass is 390 g/mol. The Hall–Kier alpha value is -3.45. The van der Waals surface area contributed by atoms with Crippen LogP contribution in [0.5, 0.6) is 5.75 Å². The van der Waals surface area contributed by atoms with Gasteiger partial charge in [-0.05, 0) is 42.1 Å². The number of para-hydroxylation sites is 1. The molecule has 2 aromatic heterocycles. The normalized spacial score (nSPS) is 11.2. The lowest BCUT2D eigenvalue weighted by Crippen LogP contribution is -2.17. The van der Waals surface area contributed by atoms with Crippen LogP contribution in [-0.4, -0.2) is 29.2 Å². The standard InChI is InChI=1S/C21H18N4O2S/c1-13-19(28-21(24-13)16-5-3-4-6-18(16)27-2)20(26)25-23-12-14-7-8-15-9-10-22-17(15)11-14/h3-12,22H,1-2H3,(H,25,26)/b23-12+. The maximum atomic E-state index is 12.5. The van der Waals surface area contributed by atoms with E-state index in [9.17, 15) is 4.79 Å². The van der Waals surface area contributed by atoms with Crippen LogP contribution in [0.2, 0.25) is 0 Å². The van der Waals surface area contributed by atoms with Crippen molar-refractivity contribution in [2.75, 3.05) is 7.11 Å². The summed E-state index contributed by atoms with van der Waals surface area (Å²) >= 11 is 1.32. The van der Waals surface area contributed by atoms with Crippen molar-refractivity contribution >= 4 is 34.4 Å². The number of rotatable bonds is 5. The van der Waals surface area contributed by atoms with Crippen molar-refractivity contribution in [3.8, 4) is 16.3 Å². The van der Waals surface area contributed by atoms with Crippen molar-refractivity contribution in [1.29, 1.82) is 0 Å². The molecule has 0 saturated heterocycles. The molecule has 7 heteroatoms. The predicted molar refractivity (Wildman–Crippen MR) is 112 cm³/mol. The molecule has 0 fully saturated rings. The number of aromatic amines is 1. The van der Waals surface area contributed by atoms with E-state index >= 15 is 0 Å². The van der Waals surface area contributed by atoms with E-state index in [2.05, 4.69) is 20.5 Å². The Bertz CT molecular complexity index is 1180. The number of fused-ring (bicyclic) bond motifs is 1. The Morgan fingerprint density at radius 1 is 1.25 bits per heavy atom. The summed E-state index contributed by atoms with van der Waals surface area (Å²) in [6, 6.07) is 15.5. The molecule has 0 spiro atoms. The average molecular weight is 390 g/mol. The molecule has 0 atom stereocenters. The summed E-state index contributed by atoms with van der Waals surface area (Å²) in [5.41, 5.74) is 6.02. The van der Waals surface area contributed by atoms with E-state index in [0.717, 1.165) is 32.8 Å². The number of carbonyl (C=O) groups is 1. The molecule has 0 saturated carbocycles. The summed E-state index contributed by atoms with van der Waals surface area (Å²) in [4.78, 5) is 20.7. The first-order chi connectivity index (χ1) is 13.7. The van der Waals surface area contributed by atoms with Crippen LogP contribution in [0.4, 0.5) is 0 Å². The zero-order valence-electron chi connectivity index (χ0n) is 15.4. The van der Waals surface area contributed by atoms with Gasteiger partial charge in [0.2, 0.25) is 0 Å². The summed E-state index contributed by atoms with van der Waals surface area (Å²) < 4.78 is 5.39. The second-order valence-electron chi connectivity index (χ2n) is 6.16. The number of nitrogens with one attached hydrogen (secondary N) is 2. The van der Waals surface area contributed by atoms with E-state index in [4.69, 9.17) is 4.74 Å². The number of carbonyl (C=O) groups excluding carboxylic acids is 1. The van der Waals surface area contributed by atoms with Crippen molar-refractivity contribution < 1.29 is 9.53 Å². The van der Waals surface area contributed by atoms with Crippen LogP contribution < -0.4 is 10.2 Å². The van der Waals surface area contributed by atoms with Crippen LogP contribution in [0.3, 0.4) is 0 Å². The van der Waals surface area contributed by atoms with Crippen molar-refractivity contribution in [3.63, 3.8) is 0 Å². The molecule has 0 aliphatic heterocycles. The molecule has 2 heterocycles. The van der Waals surface area contributed by atoms with Crippen LogP contribution in [0, 0.1) is 6.92 Å². The van der Waals surface area contributed by atoms with Gasteiger partial charge in [-0.15, -0.1) is 11.3 Å². The highest BCUT2D eigenvalue weighted by molar-refractivity contribution is 7.17. The highest BCUT2D eigenvalue weighted by atomic mass is 32.1. The summed E-state index contributed by atoms with van der Waals surface area (Å²) in [5, 5.41) is 5.95. The molecule has 4 rings (SSSR count). The van der Waals surface area contributed by atoms with Gasteiger partial charge in [0.1, 0.15) is 15.6 Å². The number of thiazole rings is 1. The van der Waals surface area contributed by atoms with Gasteiger partial charge in [-0.2, -0.15) is 5.10 Å². The van der Waals surface area contributed by atoms with Crippen molar-refractivity contribution in [3.05, 3.63) is 70.9 Å². The van der Waals surface area contributed by atoms with Crippen LogP contribution in [0.15, 0.2) is 59.8 Å². The zero-order chi connectivity index (χ0) is 19.5. The topological polar surface area (TPSA) is 79.4 Å². The first kappa shape index (κ1) is 17.9. The maximum Gasteiger partial charge on any atom is 0.283 e. The molecule has 0 aliphatic carbocycles. The van der Waals surface area contributed by atoms with Gasteiger partial charge in [0.05, 0.1) is 24.6 Å². The first-order valence-electron chi connectivity index (χ1n) is 8.67. The van der Waals surface area contributed by atoms with E-state index in [1.54, 1.807) is 13.3 Å². The number of ether oxygens (including phenoxy) is 1. The number of nitrogens with zero attached hydrogens (tertiary/aromatic N) is 2. The molecule has 6 nitrogen and oxygen atoms in total. The number of hydrogen-bond donors (Lipinski definition) is 2. The van der Waals surface area contributed by atoms with Gasteiger partial charge in [-0.3, -0.25) is 4.79 Å². The quantitative estimate of drug-likeness (QED) is 0.392. The molecular weight excluding hydrogens is 372 g/mol. The Balaban J connectivity index is 1.51. The van der Waals surface area contributed by atoms with Crippen LogP contribution in [-0.2, 0) is 0 Å². The number of aryl methyl sites for hydroxylation is 1. The number of H-pyrrole nitrogens is 1. The van der Waals surface area contributed by atoms with E-state index in [1.807, 2.05) is 61.7 Å². The second kappa shape index (κ2) is 7.66. The van der Waals surface area contributed by atoms with Crippen molar-refractivity contribution in [2.45, 2.75) is 6.92 Å². The lowest BCUT2D eigenvalue weighted by atomic mass is 10.2. The third-order valence-electron chi connectivity index (χ3n) is 4.30. The van der Waals surface area contributed by atoms with E-state index < -0.39 is 0 Å². The minimum Gasteiger partial charge on any atom is -0.496 e.